The first-order valence-corrected chi connectivity index (χ1v) is 11.3. The zero-order chi connectivity index (χ0) is 22.0. The Labute approximate surface area is 189 Å². The Kier molecular flexibility index (Phi) is 6.34. The molecule has 3 aromatic rings. The monoisotopic (exact) mass is 455 g/mol. The molecule has 0 saturated carbocycles. The number of aromatic nitrogens is 2. The number of amides is 1. The van der Waals surface area contributed by atoms with Crippen LogP contribution >= 0.6 is 23.4 Å². The minimum Gasteiger partial charge on any atom is -0.491 e. The van der Waals surface area contributed by atoms with Gasteiger partial charge in [0, 0.05) is 28.7 Å². The van der Waals surface area contributed by atoms with E-state index < -0.39 is 5.92 Å². The molecule has 4 rings (SSSR count). The average Bonchev–Trinajstić information content (AvgIpc) is 2.72. The second-order valence-corrected chi connectivity index (χ2v) is 8.96. The molecule has 160 valence electrons. The highest BCUT2D eigenvalue weighted by Gasteiger charge is 2.32. The van der Waals surface area contributed by atoms with E-state index in [0.717, 1.165) is 11.1 Å². The van der Waals surface area contributed by atoms with E-state index in [1.807, 2.05) is 62.4 Å². The van der Waals surface area contributed by atoms with Gasteiger partial charge in [-0.1, -0.05) is 53.7 Å². The van der Waals surface area contributed by atoms with Crippen molar-refractivity contribution in [1.82, 2.24) is 9.97 Å². The molecule has 0 saturated heterocycles. The highest BCUT2D eigenvalue weighted by atomic mass is 35.5. The van der Waals surface area contributed by atoms with Gasteiger partial charge in [-0.2, -0.15) is 0 Å². The van der Waals surface area contributed by atoms with Crippen molar-refractivity contribution in [3.05, 3.63) is 80.6 Å². The SMILES string of the molecule is CC(C)Oc1ccccc1C1CC(=O)Nc2nc(SCc3ccc(Cl)cc3)[nH]c(=O)c21. The van der Waals surface area contributed by atoms with E-state index in [9.17, 15) is 9.59 Å². The molecule has 0 fully saturated rings. The van der Waals surface area contributed by atoms with Gasteiger partial charge in [0.2, 0.25) is 5.91 Å². The molecule has 1 aliphatic heterocycles. The summed E-state index contributed by atoms with van der Waals surface area (Å²) in [5.41, 5.74) is 2.06. The van der Waals surface area contributed by atoms with E-state index in [-0.39, 0.29) is 24.0 Å². The number of thioether (sulfide) groups is 1. The maximum absolute atomic E-state index is 13.0. The van der Waals surface area contributed by atoms with E-state index in [0.29, 0.717) is 33.1 Å². The number of anilines is 1. The first kappa shape index (κ1) is 21.5. The summed E-state index contributed by atoms with van der Waals surface area (Å²) in [5.74, 6) is 0.988. The van der Waals surface area contributed by atoms with Crippen LogP contribution in [-0.4, -0.2) is 22.0 Å². The van der Waals surface area contributed by atoms with Crippen LogP contribution in [0, 0.1) is 0 Å². The summed E-state index contributed by atoms with van der Waals surface area (Å²) in [4.78, 5) is 32.9. The lowest BCUT2D eigenvalue weighted by atomic mass is 9.86. The van der Waals surface area contributed by atoms with Gasteiger partial charge in [0.25, 0.3) is 5.56 Å². The van der Waals surface area contributed by atoms with Gasteiger partial charge in [0.1, 0.15) is 11.6 Å². The van der Waals surface area contributed by atoms with Gasteiger partial charge in [0.05, 0.1) is 11.7 Å². The quantitative estimate of drug-likeness (QED) is 0.404. The summed E-state index contributed by atoms with van der Waals surface area (Å²) in [6, 6.07) is 15.0. The van der Waals surface area contributed by atoms with E-state index in [1.54, 1.807) is 0 Å². The number of hydrogen-bond acceptors (Lipinski definition) is 5. The number of fused-ring (bicyclic) bond motifs is 1. The third kappa shape index (κ3) is 4.94. The molecule has 0 bridgehead atoms. The van der Waals surface area contributed by atoms with Crippen LogP contribution in [0.3, 0.4) is 0 Å². The summed E-state index contributed by atoms with van der Waals surface area (Å²) < 4.78 is 5.93. The molecular formula is C23H22ClN3O3S. The van der Waals surface area contributed by atoms with Crippen molar-refractivity contribution in [3.8, 4) is 5.75 Å². The number of carbonyl (C=O) groups excluding carboxylic acids is 1. The molecule has 8 heteroatoms. The van der Waals surface area contributed by atoms with Gasteiger partial charge in [-0.3, -0.25) is 9.59 Å². The Morgan fingerprint density at radius 3 is 2.65 bits per heavy atom. The summed E-state index contributed by atoms with van der Waals surface area (Å²) in [6.45, 7) is 3.88. The van der Waals surface area contributed by atoms with E-state index in [2.05, 4.69) is 15.3 Å². The molecule has 1 unspecified atom stereocenters. The molecule has 1 aromatic heterocycles. The third-order valence-corrected chi connectivity index (χ3v) is 6.07. The van der Waals surface area contributed by atoms with Crippen molar-refractivity contribution >= 4 is 35.1 Å². The molecule has 0 radical (unpaired) electrons. The predicted octanol–water partition coefficient (Wildman–Crippen LogP) is 4.98. The molecule has 1 atom stereocenters. The van der Waals surface area contributed by atoms with Crippen LogP contribution in [0.4, 0.5) is 5.82 Å². The summed E-state index contributed by atoms with van der Waals surface area (Å²) in [5, 5.41) is 3.89. The standard InChI is InChI=1S/C23H22ClN3O3S/c1-13(2)30-18-6-4-3-5-16(18)17-11-19(28)25-21-20(17)22(29)27-23(26-21)31-12-14-7-9-15(24)10-8-14/h3-10,13,17H,11-12H2,1-2H3,(H2,25,26,27,28,29). The summed E-state index contributed by atoms with van der Waals surface area (Å²) in [7, 11) is 0. The van der Waals surface area contributed by atoms with Gasteiger partial charge in [-0.25, -0.2) is 4.98 Å². The van der Waals surface area contributed by atoms with Crippen LogP contribution in [-0.2, 0) is 10.5 Å². The Balaban J connectivity index is 1.66. The smallest absolute Gasteiger partial charge is 0.257 e. The fraction of sp³-hybridized carbons (Fsp3) is 0.261. The fourth-order valence-electron chi connectivity index (χ4n) is 3.55. The van der Waals surface area contributed by atoms with Crippen LogP contribution < -0.4 is 15.6 Å². The Morgan fingerprint density at radius 2 is 1.90 bits per heavy atom. The van der Waals surface area contributed by atoms with Crippen molar-refractivity contribution in [2.45, 2.75) is 43.2 Å². The number of hydrogen-bond donors (Lipinski definition) is 2. The number of benzene rings is 2. The highest BCUT2D eigenvalue weighted by molar-refractivity contribution is 7.98. The third-order valence-electron chi connectivity index (χ3n) is 4.88. The van der Waals surface area contributed by atoms with Crippen molar-refractivity contribution in [3.63, 3.8) is 0 Å². The highest BCUT2D eigenvalue weighted by Crippen LogP contribution is 2.39. The Morgan fingerprint density at radius 1 is 1.16 bits per heavy atom. The lowest BCUT2D eigenvalue weighted by Crippen LogP contribution is -2.31. The zero-order valence-corrected chi connectivity index (χ0v) is 18.7. The van der Waals surface area contributed by atoms with Crippen LogP contribution in [0.1, 0.15) is 42.9 Å². The molecule has 0 spiro atoms. The van der Waals surface area contributed by atoms with E-state index in [1.165, 1.54) is 11.8 Å². The van der Waals surface area contributed by atoms with Gasteiger partial charge < -0.3 is 15.0 Å². The minimum atomic E-state index is -0.426. The van der Waals surface area contributed by atoms with Crippen molar-refractivity contribution in [1.29, 1.82) is 0 Å². The van der Waals surface area contributed by atoms with E-state index >= 15 is 0 Å². The maximum atomic E-state index is 13.0. The normalized spacial score (nSPS) is 15.5. The van der Waals surface area contributed by atoms with Crippen LogP contribution in [0.15, 0.2) is 58.5 Å². The van der Waals surface area contributed by atoms with Crippen LogP contribution in [0.25, 0.3) is 0 Å². The first-order valence-electron chi connectivity index (χ1n) is 9.97. The van der Waals surface area contributed by atoms with Crippen LogP contribution in [0.2, 0.25) is 5.02 Å². The number of aromatic amines is 1. The molecule has 0 aliphatic carbocycles. The number of carbonyl (C=O) groups is 1. The Hall–Kier alpha value is -2.77. The molecule has 1 aliphatic rings. The van der Waals surface area contributed by atoms with Crippen molar-refractivity contribution < 1.29 is 9.53 Å². The van der Waals surface area contributed by atoms with Gasteiger partial charge >= 0.3 is 0 Å². The molecule has 2 N–H and O–H groups in total. The number of ether oxygens (including phenoxy) is 1. The average molecular weight is 456 g/mol. The predicted molar refractivity (Wildman–Crippen MR) is 123 cm³/mol. The summed E-state index contributed by atoms with van der Waals surface area (Å²) >= 11 is 7.32. The number of halogens is 1. The summed E-state index contributed by atoms with van der Waals surface area (Å²) in [6.07, 6.45) is 0.133. The molecule has 1 amide bonds. The number of nitrogens with one attached hydrogen (secondary N) is 2. The largest absolute Gasteiger partial charge is 0.491 e. The molecule has 2 heterocycles. The number of rotatable bonds is 6. The molecule has 6 nitrogen and oxygen atoms in total. The number of H-pyrrole nitrogens is 1. The second kappa shape index (κ2) is 9.16. The minimum absolute atomic E-state index is 0.0268. The Bertz CT molecular complexity index is 1160. The van der Waals surface area contributed by atoms with Gasteiger partial charge in [-0.05, 0) is 37.6 Å². The topological polar surface area (TPSA) is 84.1 Å². The van der Waals surface area contributed by atoms with Crippen molar-refractivity contribution in [2.75, 3.05) is 5.32 Å². The zero-order valence-electron chi connectivity index (χ0n) is 17.1. The second-order valence-electron chi connectivity index (χ2n) is 7.56. The number of nitrogens with zero attached hydrogens (tertiary/aromatic N) is 1. The molecular weight excluding hydrogens is 434 g/mol. The maximum Gasteiger partial charge on any atom is 0.257 e. The number of para-hydroxylation sites is 1. The lowest BCUT2D eigenvalue weighted by Gasteiger charge is -2.26. The van der Waals surface area contributed by atoms with Crippen molar-refractivity contribution in [2.24, 2.45) is 0 Å². The first-order chi connectivity index (χ1) is 14.9. The lowest BCUT2D eigenvalue weighted by molar-refractivity contribution is -0.116. The van der Waals surface area contributed by atoms with Gasteiger partial charge in [-0.15, -0.1) is 0 Å². The van der Waals surface area contributed by atoms with E-state index in [4.69, 9.17) is 16.3 Å². The van der Waals surface area contributed by atoms with Crippen LogP contribution in [0.5, 0.6) is 5.75 Å². The fourth-order valence-corrected chi connectivity index (χ4v) is 4.49. The molecule has 2 aromatic carbocycles. The van der Waals surface area contributed by atoms with Gasteiger partial charge in [0.15, 0.2) is 5.16 Å². The molecule has 31 heavy (non-hydrogen) atoms.